The van der Waals surface area contributed by atoms with Gasteiger partial charge in [-0.15, -0.1) is 13.2 Å². The van der Waals surface area contributed by atoms with Crippen molar-refractivity contribution in [1.82, 2.24) is 0 Å². The first-order valence-corrected chi connectivity index (χ1v) is 8.00. The Hall–Kier alpha value is -3.23. The van der Waals surface area contributed by atoms with E-state index in [2.05, 4.69) is 10.1 Å². The van der Waals surface area contributed by atoms with Crippen LogP contribution in [0.5, 0.6) is 11.5 Å². The minimum Gasteiger partial charge on any atom is -0.482 e. The van der Waals surface area contributed by atoms with E-state index in [9.17, 15) is 22.8 Å². The van der Waals surface area contributed by atoms with Gasteiger partial charge in [-0.2, -0.15) is 0 Å². The third kappa shape index (κ3) is 4.90. The molecule has 2 aromatic rings. The molecule has 0 fully saturated rings. The highest BCUT2D eigenvalue weighted by Crippen LogP contribution is 2.31. The summed E-state index contributed by atoms with van der Waals surface area (Å²) in [6, 6.07) is 11.8. The van der Waals surface area contributed by atoms with E-state index < -0.39 is 6.36 Å². The first-order chi connectivity index (χ1) is 12.8. The smallest absolute Gasteiger partial charge is 0.482 e. The van der Waals surface area contributed by atoms with Gasteiger partial charge < -0.3 is 19.7 Å². The molecule has 9 heteroatoms. The van der Waals surface area contributed by atoms with E-state index >= 15 is 0 Å². The third-order valence-electron chi connectivity index (χ3n) is 3.74. The van der Waals surface area contributed by atoms with Gasteiger partial charge in [-0.25, -0.2) is 0 Å². The Labute approximate surface area is 152 Å². The summed E-state index contributed by atoms with van der Waals surface area (Å²) in [5.41, 5.74) is 0.915. The molecule has 0 aromatic heterocycles. The monoisotopic (exact) mass is 380 g/mol. The number of rotatable bonds is 5. The summed E-state index contributed by atoms with van der Waals surface area (Å²) in [6.45, 7) is 0.0552. The molecule has 0 atom stereocenters. The molecule has 1 aliphatic rings. The molecule has 2 aromatic carbocycles. The molecule has 142 valence electrons. The molecule has 27 heavy (non-hydrogen) atoms. The van der Waals surface area contributed by atoms with Crippen LogP contribution >= 0.6 is 0 Å². The van der Waals surface area contributed by atoms with Gasteiger partial charge >= 0.3 is 6.36 Å². The maximum absolute atomic E-state index is 12.1. The van der Waals surface area contributed by atoms with Crippen LogP contribution in [-0.2, 0) is 9.59 Å². The summed E-state index contributed by atoms with van der Waals surface area (Å²) >= 11 is 0. The number of fused-ring (bicyclic) bond motifs is 1. The highest BCUT2D eigenvalue weighted by Gasteiger charge is 2.31. The number of carbonyl (C=O) groups is 2. The molecule has 3 rings (SSSR count). The number of benzene rings is 2. The van der Waals surface area contributed by atoms with Gasteiger partial charge in [-0.3, -0.25) is 9.59 Å². The van der Waals surface area contributed by atoms with Crippen molar-refractivity contribution in [1.29, 1.82) is 0 Å². The molecule has 0 spiro atoms. The molecular formula is C18H15F3N2O4. The van der Waals surface area contributed by atoms with Crippen molar-refractivity contribution in [3.05, 3.63) is 48.5 Å². The SMILES string of the molecule is O=C(CCN1C(=O)COc2ccccc21)Nc1ccc(OC(F)(F)F)cc1. The Kier molecular flexibility index (Phi) is 5.20. The Morgan fingerprint density at radius 2 is 1.85 bits per heavy atom. The van der Waals surface area contributed by atoms with E-state index in [4.69, 9.17) is 4.74 Å². The molecule has 0 bridgehead atoms. The van der Waals surface area contributed by atoms with Crippen LogP contribution < -0.4 is 19.7 Å². The summed E-state index contributed by atoms with van der Waals surface area (Å²) in [6.07, 6.45) is -4.76. The zero-order valence-electron chi connectivity index (χ0n) is 14.0. The maximum Gasteiger partial charge on any atom is 0.573 e. The molecule has 0 saturated carbocycles. The fourth-order valence-corrected chi connectivity index (χ4v) is 2.58. The van der Waals surface area contributed by atoms with Crippen LogP contribution in [0.25, 0.3) is 0 Å². The summed E-state index contributed by atoms with van der Waals surface area (Å²) < 4.78 is 45.5. The minimum absolute atomic E-state index is 0.0148. The summed E-state index contributed by atoms with van der Waals surface area (Å²) in [5, 5.41) is 2.57. The Morgan fingerprint density at radius 3 is 2.56 bits per heavy atom. The average molecular weight is 380 g/mol. The van der Waals surface area contributed by atoms with Crippen LogP contribution in [0.3, 0.4) is 0 Å². The number of halogens is 3. The minimum atomic E-state index is -4.77. The molecule has 2 amide bonds. The van der Waals surface area contributed by atoms with E-state index in [0.29, 0.717) is 17.1 Å². The number of nitrogens with zero attached hydrogens (tertiary/aromatic N) is 1. The number of ether oxygens (including phenoxy) is 2. The summed E-state index contributed by atoms with van der Waals surface area (Å²) in [5.74, 6) is -0.444. The second kappa shape index (κ2) is 7.56. The van der Waals surface area contributed by atoms with Crippen LogP contribution in [0.2, 0.25) is 0 Å². The molecule has 6 nitrogen and oxygen atoms in total. The van der Waals surface area contributed by atoms with E-state index in [1.807, 2.05) is 0 Å². The summed E-state index contributed by atoms with van der Waals surface area (Å²) in [4.78, 5) is 25.6. The summed E-state index contributed by atoms with van der Waals surface area (Å²) in [7, 11) is 0. The Morgan fingerprint density at radius 1 is 1.15 bits per heavy atom. The van der Waals surface area contributed by atoms with Crippen molar-refractivity contribution >= 4 is 23.2 Å². The number of hydrogen-bond acceptors (Lipinski definition) is 4. The quantitative estimate of drug-likeness (QED) is 0.864. The molecule has 1 heterocycles. The predicted octanol–water partition coefficient (Wildman–Crippen LogP) is 3.34. The lowest BCUT2D eigenvalue weighted by Crippen LogP contribution is -2.40. The maximum atomic E-state index is 12.1. The van der Waals surface area contributed by atoms with Crippen molar-refractivity contribution in [2.24, 2.45) is 0 Å². The van der Waals surface area contributed by atoms with Gasteiger partial charge in [0.2, 0.25) is 5.91 Å². The number of nitrogens with one attached hydrogen (secondary N) is 1. The van der Waals surface area contributed by atoms with Gasteiger partial charge in [0.15, 0.2) is 6.61 Å². The largest absolute Gasteiger partial charge is 0.573 e. The first kappa shape index (κ1) is 18.6. The normalized spacial score (nSPS) is 13.6. The fourth-order valence-electron chi connectivity index (χ4n) is 2.58. The van der Waals surface area contributed by atoms with Crippen LogP contribution in [0, 0.1) is 0 Å². The van der Waals surface area contributed by atoms with E-state index in [1.54, 1.807) is 24.3 Å². The average Bonchev–Trinajstić information content (AvgIpc) is 2.61. The molecule has 1 aliphatic heterocycles. The number of alkyl halides is 3. The Balaban J connectivity index is 1.56. The second-order valence-electron chi connectivity index (χ2n) is 5.67. The zero-order valence-corrected chi connectivity index (χ0v) is 14.0. The van der Waals surface area contributed by atoms with Gasteiger partial charge in [0.1, 0.15) is 11.5 Å². The molecule has 0 radical (unpaired) electrons. The van der Waals surface area contributed by atoms with Gasteiger partial charge in [-0.05, 0) is 36.4 Å². The standard InChI is InChI=1S/C18H15F3N2O4/c19-18(20,21)27-13-7-5-12(6-8-13)22-16(24)9-10-23-14-3-1-2-4-15(14)26-11-17(23)25/h1-8H,9-11H2,(H,22,24). The molecule has 0 aliphatic carbocycles. The highest BCUT2D eigenvalue weighted by atomic mass is 19.4. The lowest BCUT2D eigenvalue weighted by atomic mass is 10.2. The zero-order chi connectivity index (χ0) is 19.4. The fraction of sp³-hybridized carbons (Fsp3) is 0.222. The van der Waals surface area contributed by atoms with Crippen LogP contribution in [0.1, 0.15) is 6.42 Å². The van der Waals surface area contributed by atoms with E-state index in [0.717, 1.165) is 12.1 Å². The van der Waals surface area contributed by atoms with Crippen molar-refractivity contribution in [3.8, 4) is 11.5 Å². The van der Waals surface area contributed by atoms with Crippen molar-refractivity contribution in [2.45, 2.75) is 12.8 Å². The molecular weight excluding hydrogens is 365 g/mol. The van der Waals surface area contributed by atoms with E-state index in [-0.39, 0.29) is 37.1 Å². The van der Waals surface area contributed by atoms with Gasteiger partial charge in [0.05, 0.1) is 5.69 Å². The van der Waals surface area contributed by atoms with E-state index in [1.165, 1.54) is 17.0 Å². The number of para-hydroxylation sites is 2. The van der Waals surface area contributed by atoms with Gasteiger partial charge in [0.25, 0.3) is 5.91 Å². The van der Waals surface area contributed by atoms with Crippen molar-refractivity contribution < 1.29 is 32.2 Å². The number of hydrogen-bond donors (Lipinski definition) is 1. The van der Waals surface area contributed by atoms with Crippen LogP contribution in [0.15, 0.2) is 48.5 Å². The number of carbonyl (C=O) groups excluding carboxylic acids is 2. The van der Waals surface area contributed by atoms with Gasteiger partial charge in [-0.1, -0.05) is 12.1 Å². The third-order valence-corrected chi connectivity index (χ3v) is 3.74. The molecule has 0 unspecified atom stereocenters. The lowest BCUT2D eigenvalue weighted by Gasteiger charge is -2.29. The van der Waals surface area contributed by atoms with Crippen LogP contribution in [-0.4, -0.2) is 31.3 Å². The van der Waals surface area contributed by atoms with Crippen molar-refractivity contribution in [3.63, 3.8) is 0 Å². The Bertz CT molecular complexity index is 837. The number of amides is 2. The molecule has 1 N–H and O–H groups in total. The van der Waals surface area contributed by atoms with Gasteiger partial charge in [0, 0.05) is 18.7 Å². The lowest BCUT2D eigenvalue weighted by molar-refractivity contribution is -0.274. The predicted molar refractivity (Wildman–Crippen MR) is 90.7 cm³/mol. The molecule has 0 saturated heterocycles. The number of anilines is 2. The van der Waals surface area contributed by atoms with Crippen LogP contribution in [0.4, 0.5) is 24.5 Å². The highest BCUT2D eigenvalue weighted by molar-refractivity contribution is 5.99. The second-order valence-corrected chi connectivity index (χ2v) is 5.67. The van der Waals surface area contributed by atoms with Crippen molar-refractivity contribution in [2.75, 3.05) is 23.4 Å². The first-order valence-electron chi connectivity index (χ1n) is 8.00. The topological polar surface area (TPSA) is 67.9 Å².